The molecule has 0 saturated heterocycles. The Labute approximate surface area is 184 Å². The molecular formula is C22H21Cl2N3O3. The molecule has 0 fully saturated rings. The normalized spacial score (nSPS) is 10.7. The average Bonchev–Trinajstić information content (AvgIpc) is 3.11. The summed E-state index contributed by atoms with van der Waals surface area (Å²) in [5.41, 5.74) is 1.87. The summed E-state index contributed by atoms with van der Waals surface area (Å²) in [5.74, 6) is -0.368. The van der Waals surface area contributed by atoms with Crippen LogP contribution in [0.4, 0.5) is 0 Å². The minimum Gasteiger partial charge on any atom is -0.360 e. The van der Waals surface area contributed by atoms with Crippen molar-refractivity contribution in [3.05, 3.63) is 75.5 Å². The third-order valence-corrected chi connectivity index (χ3v) is 5.27. The van der Waals surface area contributed by atoms with Gasteiger partial charge in [-0.2, -0.15) is 0 Å². The minimum absolute atomic E-state index is 0.153. The van der Waals surface area contributed by atoms with Crippen LogP contribution in [0.3, 0.4) is 0 Å². The number of aryl methyl sites for hydroxylation is 1. The molecule has 0 unspecified atom stereocenters. The maximum absolute atomic E-state index is 12.8. The van der Waals surface area contributed by atoms with Crippen LogP contribution in [0.15, 0.2) is 53.1 Å². The molecule has 2 amide bonds. The van der Waals surface area contributed by atoms with Gasteiger partial charge < -0.3 is 14.7 Å². The molecule has 6 nitrogen and oxygen atoms in total. The Balaban J connectivity index is 1.74. The summed E-state index contributed by atoms with van der Waals surface area (Å²) >= 11 is 12.5. The van der Waals surface area contributed by atoms with Crippen LogP contribution < -0.4 is 5.32 Å². The van der Waals surface area contributed by atoms with Crippen LogP contribution in [0.25, 0.3) is 11.3 Å². The van der Waals surface area contributed by atoms with Gasteiger partial charge in [0.1, 0.15) is 17.0 Å². The molecule has 8 heteroatoms. The number of likely N-dealkylation sites (N-methyl/N-ethyl adjacent to an activating group) is 1. The second-order valence-corrected chi connectivity index (χ2v) is 7.45. The van der Waals surface area contributed by atoms with Crippen LogP contribution in [0.2, 0.25) is 10.0 Å². The molecule has 0 aliphatic heterocycles. The summed E-state index contributed by atoms with van der Waals surface area (Å²) in [7, 11) is 0. The molecule has 0 spiro atoms. The van der Waals surface area contributed by atoms with Gasteiger partial charge in [0, 0.05) is 18.7 Å². The van der Waals surface area contributed by atoms with Crippen molar-refractivity contribution in [2.45, 2.75) is 20.4 Å². The van der Waals surface area contributed by atoms with Gasteiger partial charge >= 0.3 is 0 Å². The minimum atomic E-state index is -0.483. The molecule has 30 heavy (non-hydrogen) atoms. The van der Waals surface area contributed by atoms with Crippen molar-refractivity contribution < 1.29 is 14.1 Å². The molecule has 1 heterocycles. The summed E-state index contributed by atoms with van der Waals surface area (Å²) in [6.07, 6.45) is 0. The first-order valence-electron chi connectivity index (χ1n) is 9.43. The Morgan fingerprint density at radius 2 is 1.73 bits per heavy atom. The average molecular weight is 446 g/mol. The van der Waals surface area contributed by atoms with Gasteiger partial charge in [-0.1, -0.05) is 64.8 Å². The molecule has 1 aromatic heterocycles. The zero-order valence-corrected chi connectivity index (χ0v) is 18.1. The summed E-state index contributed by atoms with van der Waals surface area (Å²) in [6.45, 7) is 4.35. The molecule has 0 aliphatic carbocycles. The van der Waals surface area contributed by atoms with Crippen LogP contribution in [0.1, 0.15) is 28.6 Å². The van der Waals surface area contributed by atoms with Gasteiger partial charge in [0.25, 0.3) is 5.91 Å². The zero-order chi connectivity index (χ0) is 21.7. The standard InChI is InChI=1S/C22H21Cl2N3O3/c1-3-27(13-15-8-5-4-6-9-15)18(28)12-25-22(29)19-14(2)30-26-21(19)20-16(23)10-7-11-17(20)24/h4-11H,3,12-13H2,1-2H3,(H,25,29). The van der Waals surface area contributed by atoms with Crippen LogP contribution >= 0.6 is 23.2 Å². The van der Waals surface area contributed by atoms with Crippen molar-refractivity contribution in [2.75, 3.05) is 13.1 Å². The first-order chi connectivity index (χ1) is 14.4. The molecule has 0 atom stereocenters. The quantitative estimate of drug-likeness (QED) is 0.569. The van der Waals surface area contributed by atoms with Gasteiger partial charge in [-0.3, -0.25) is 9.59 Å². The van der Waals surface area contributed by atoms with Gasteiger partial charge in [-0.25, -0.2) is 0 Å². The number of aromatic nitrogens is 1. The van der Waals surface area contributed by atoms with Crippen molar-refractivity contribution in [3.63, 3.8) is 0 Å². The van der Waals surface area contributed by atoms with Crippen LogP contribution in [-0.2, 0) is 11.3 Å². The Morgan fingerprint density at radius 3 is 2.37 bits per heavy atom. The van der Waals surface area contributed by atoms with Crippen molar-refractivity contribution in [3.8, 4) is 11.3 Å². The number of benzene rings is 2. The predicted octanol–water partition coefficient (Wildman–Crippen LogP) is 4.74. The molecular weight excluding hydrogens is 425 g/mol. The first kappa shape index (κ1) is 21.9. The fourth-order valence-electron chi connectivity index (χ4n) is 3.07. The number of rotatable bonds is 7. The summed E-state index contributed by atoms with van der Waals surface area (Å²) in [6, 6.07) is 14.7. The van der Waals surface area contributed by atoms with E-state index < -0.39 is 5.91 Å². The van der Waals surface area contributed by atoms with E-state index in [4.69, 9.17) is 27.7 Å². The van der Waals surface area contributed by atoms with Crippen LogP contribution in [0.5, 0.6) is 0 Å². The van der Waals surface area contributed by atoms with Gasteiger partial charge in [-0.15, -0.1) is 0 Å². The number of halogens is 2. The highest BCUT2D eigenvalue weighted by Crippen LogP contribution is 2.36. The molecule has 0 bridgehead atoms. The van der Waals surface area contributed by atoms with Gasteiger partial charge in [-0.05, 0) is 31.5 Å². The Hall–Kier alpha value is -2.83. The van der Waals surface area contributed by atoms with E-state index in [1.807, 2.05) is 37.3 Å². The molecule has 156 valence electrons. The maximum Gasteiger partial charge on any atom is 0.257 e. The van der Waals surface area contributed by atoms with E-state index in [1.165, 1.54) is 0 Å². The van der Waals surface area contributed by atoms with E-state index in [0.29, 0.717) is 34.5 Å². The lowest BCUT2D eigenvalue weighted by Gasteiger charge is -2.21. The monoisotopic (exact) mass is 445 g/mol. The van der Waals surface area contributed by atoms with E-state index in [2.05, 4.69) is 10.5 Å². The second kappa shape index (κ2) is 9.78. The smallest absolute Gasteiger partial charge is 0.257 e. The van der Waals surface area contributed by atoms with E-state index in [1.54, 1.807) is 30.0 Å². The summed E-state index contributed by atoms with van der Waals surface area (Å²) in [4.78, 5) is 27.1. The largest absolute Gasteiger partial charge is 0.360 e. The van der Waals surface area contributed by atoms with Gasteiger partial charge in [0.15, 0.2) is 0 Å². The van der Waals surface area contributed by atoms with Gasteiger partial charge in [0.2, 0.25) is 5.91 Å². The number of amides is 2. The molecule has 0 saturated carbocycles. The van der Waals surface area contributed by atoms with Crippen molar-refractivity contribution in [2.24, 2.45) is 0 Å². The van der Waals surface area contributed by atoms with Gasteiger partial charge in [0.05, 0.1) is 16.6 Å². The maximum atomic E-state index is 12.8. The molecule has 0 aliphatic rings. The highest BCUT2D eigenvalue weighted by molar-refractivity contribution is 6.39. The lowest BCUT2D eigenvalue weighted by Crippen LogP contribution is -2.40. The number of carbonyl (C=O) groups is 2. The van der Waals surface area contributed by atoms with E-state index in [9.17, 15) is 9.59 Å². The van der Waals surface area contributed by atoms with E-state index in [0.717, 1.165) is 5.56 Å². The number of hydrogen-bond acceptors (Lipinski definition) is 4. The SMILES string of the molecule is CCN(Cc1ccccc1)C(=O)CNC(=O)c1c(-c2c(Cl)cccc2Cl)noc1C. The molecule has 2 aromatic carbocycles. The zero-order valence-electron chi connectivity index (χ0n) is 16.6. The van der Waals surface area contributed by atoms with Crippen LogP contribution in [0, 0.1) is 6.92 Å². The lowest BCUT2D eigenvalue weighted by molar-refractivity contribution is -0.130. The fraction of sp³-hybridized carbons (Fsp3) is 0.227. The summed E-state index contributed by atoms with van der Waals surface area (Å²) < 4.78 is 5.21. The fourth-order valence-corrected chi connectivity index (χ4v) is 3.65. The molecule has 3 rings (SSSR count). The topological polar surface area (TPSA) is 75.4 Å². The van der Waals surface area contributed by atoms with E-state index in [-0.39, 0.29) is 23.7 Å². The first-order valence-corrected chi connectivity index (χ1v) is 10.2. The Morgan fingerprint density at radius 1 is 1.07 bits per heavy atom. The van der Waals surface area contributed by atoms with Crippen molar-refractivity contribution in [1.29, 1.82) is 0 Å². The van der Waals surface area contributed by atoms with Crippen LogP contribution in [-0.4, -0.2) is 35.0 Å². The third-order valence-electron chi connectivity index (χ3n) is 4.64. The predicted molar refractivity (Wildman–Crippen MR) is 117 cm³/mol. The highest BCUT2D eigenvalue weighted by atomic mass is 35.5. The number of hydrogen-bond donors (Lipinski definition) is 1. The second-order valence-electron chi connectivity index (χ2n) is 6.64. The molecule has 3 aromatic rings. The Kier molecular flexibility index (Phi) is 7.13. The number of carbonyl (C=O) groups excluding carboxylic acids is 2. The number of nitrogens with zero attached hydrogens (tertiary/aromatic N) is 2. The van der Waals surface area contributed by atoms with E-state index >= 15 is 0 Å². The molecule has 1 N–H and O–H groups in total. The molecule has 0 radical (unpaired) electrons. The summed E-state index contributed by atoms with van der Waals surface area (Å²) in [5, 5.41) is 7.32. The lowest BCUT2D eigenvalue weighted by atomic mass is 10.1. The Bertz CT molecular complexity index is 1030. The van der Waals surface area contributed by atoms with Crippen molar-refractivity contribution in [1.82, 2.24) is 15.4 Å². The third kappa shape index (κ3) is 4.83. The van der Waals surface area contributed by atoms with Crippen molar-refractivity contribution >= 4 is 35.0 Å². The number of nitrogens with one attached hydrogen (secondary N) is 1. The highest BCUT2D eigenvalue weighted by Gasteiger charge is 2.25.